The minimum absolute atomic E-state index is 0.0651. The number of rotatable bonds is 4. The number of carbonyl (C=O) groups excluding carboxylic acids is 3. The zero-order valence-corrected chi connectivity index (χ0v) is 17.3. The molecule has 0 aliphatic carbocycles. The molecule has 0 bridgehead atoms. The van der Waals surface area contributed by atoms with Crippen molar-refractivity contribution in [3.8, 4) is 0 Å². The van der Waals surface area contributed by atoms with Gasteiger partial charge in [0, 0.05) is 42.3 Å². The number of ketones is 1. The summed E-state index contributed by atoms with van der Waals surface area (Å²) < 4.78 is 1.83. The molecule has 2 saturated heterocycles. The van der Waals surface area contributed by atoms with Crippen LogP contribution in [0.15, 0.2) is 30.5 Å². The van der Waals surface area contributed by atoms with Crippen molar-refractivity contribution in [2.45, 2.75) is 64.6 Å². The lowest BCUT2D eigenvalue weighted by atomic mass is 9.97. The van der Waals surface area contributed by atoms with Crippen LogP contribution >= 0.6 is 0 Å². The van der Waals surface area contributed by atoms with Gasteiger partial charge in [-0.25, -0.2) is 0 Å². The molecule has 1 aromatic heterocycles. The van der Waals surface area contributed by atoms with Crippen molar-refractivity contribution in [3.63, 3.8) is 0 Å². The van der Waals surface area contributed by atoms with Gasteiger partial charge in [-0.1, -0.05) is 18.2 Å². The van der Waals surface area contributed by atoms with Crippen molar-refractivity contribution in [3.05, 3.63) is 36.0 Å². The van der Waals surface area contributed by atoms with Gasteiger partial charge in [-0.15, -0.1) is 0 Å². The highest BCUT2D eigenvalue weighted by molar-refractivity contribution is 6.44. The van der Waals surface area contributed by atoms with Crippen molar-refractivity contribution in [1.82, 2.24) is 14.4 Å². The van der Waals surface area contributed by atoms with E-state index in [4.69, 9.17) is 0 Å². The SMILES string of the molecule is C[C@H]1CCC[C@H](C)N1C(=O)Cn1cc(C(=O)C(=O)N2CCCC2)c2ccccc21. The van der Waals surface area contributed by atoms with E-state index in [0.29, 0.717) is 18.7 Å². The Hall–Kier alpha value is -2.63. The average molecular weight is 396 g/mol. The Morgan fingerprint density at radius 1 is 0.966 bits per heavy atom. The fourth-order valence-electron chi connectivity index (χ4n) is 4.88. The molecule has 2 amide bonds. The fraction of sp³-hybridized carbons (Fsp3) is 0.522. The van der Waals surface area contributed by atoms with E-state index in [1.54, 1.807) is 11.1 Å². The van der Waals surface area contributed by atoms with Crippen molar-refractivity contribution >= 4 is 28.5 Å². The monoisotopic (exact) mass is 395 g/mol. The van der Waals surface area contributed by atoms with Gasteiger partial charge >= 0.3 is 0 Å². The molecule has 2 fully saturated rings. The molecule has 0 N–H and O–H groups in total. The predicted molar refractivity (Wildman–Crippen MR) is 112 cm³/mol. The van der Waals surface area contributed by atoms with Crippen molar-refractivity contribution < 1.29 is 14.4 Å². The van der Waals surface area contributed by atoms with Gasteiger partial charge < -0.3 is 14.4 Å². The number of para-hydroxylation sites is 1. The fourth-order valence-corrected chi connectivity index (χ4v) is 4.88. The Morgan fingerprint density at radius 3 is 2.31 bits per heavy atom. The number of piperidine rings is 1. The topological polar surface area (TPSA) is 62.6 Å². The first-order chi connectivity index (χ1) is 14.0. The lowest BCUT2D eigenvalue weighted by molar-refractivity contribution is -0.137. The van der Waals surface area contributed by atoms with Crippen LogP contribution in [0.4, 0.5) is 0 Å². The van der Waals surface area contributed by atoms with Gasteiger partial charge in [0.1, 0.15) is 6.54 Å². The van der Waals surface area contributed by atoms with E-state index in [-0.39, 0.29) is 24.5 Å². The normalized spacial score (nSPS) is 22.3. The Kier molecular flexibility index (Phi) is 5.43. The van der Waals surface area contributed by atoms with Crippen molar-refractivity contribution in [2.75, 3.05) is 13.1 Å². The summed E-state index contributed by atoms with van der Waals surface area (Å²) in [5, 5.41) is 0.734. The number of Topliss-reactive ketones (excluding diaryl/α,β-unsaturated/α-hetero) is 1. The van der Waals surface area contributed by atoms with Gasteiger partial charge in [0.25, 0.3) is 11.7 Å². The summed E-state index contributed by atoms with van der Waals surface area (Å²) in [4.78, 5) is 42.3. The Labute approximate surface area is 171 Å². The van der Waals surface area contributed by atoms with E-state index >= 15 is 0 Å². The first-order valence-electron chi connectivity index (χ1n) is 10.7. The maximum atomic E-state index is 13.1. The van der Waals surface area contributed by atoms with E-state index in [0.717, 1.165) is 43.0 Å². The van der Waals surface area contributed by atoms with Crippen LogP contribution in [0.5, 0.6) is 0 Å². The summed E-state index contributed by atoms with van der Waals surface area (Å²) in [5.41, 5.74) is 1.21. The number of amides is 2. The lowest BCUT2D eigenvalue weighted by Gasteiger charge is -2.39. The highest BCUT2D eigenvalue weighted by Crippen LogP contribution is 2.26. The number of nitrogens with zero attached hydrogens (tertiary/aromatic N) is 3. The second-order valence-electron chi connectivity index (χ2n) is 8.45. The smallest absolute Gasteiger partial charge is 0.295 e. The third-order valence-corrected chi connectivity index (χ3v) is 6.41. The highest BCUT2D eigenvalue weighted by Gasteiger charge is 2.31. The summed E-state index contributed by atoms with van der Waals surface area (Å²) in [6.45, 7) is 5.68. The van der Waals surface area contributed by atoms with E-state index in [2.05, 4.69) is 13.8 Å². The summed E-state index contributed by atoms with van der Waals surface area (Å²) >= 11 is 0. The van der Waals surface area contributed by atoms with Gasteiger partial charge in [-0.05, 0) is 52.0 Å². The first kappa shape index (κ1) is 19.7. The van der Waals surface area contributed by atoms with Gasteiger partial charge in [0.2, 0.25) is 5.91 Å². The molecule has 6 nitrogen and oxygen atoms in total. The number of aromatic nitrogens is 1. The zero-order chi connectivity index (χ0) is 20.5. The summed E-state index contributed by atoms with van der Waals surface area (Å²) in [6.07, 6.45) is 6.78. The maximum Gasteiger partial charge on any atom is 0.295 e. The van der Waals surface area contributed by atoms with E-state index < -0.39 is 11.7 Å². The number of carbonyl (C=O) groups is 3. The quantitative estimate of drug-likeness (QED) is 0.590. The van der Waals surface area contributed by atoms with E-state index in [9.17, 15) is 14.4 Å². The van der Waals surface area contributed by atoms with Crippen LogP contribution in [0, 0.1) is 0 Å². The molecule has 1 aromatic carbocycles. The summed E-state index contributed by atoms with van der Waals surface area (Å²) in [5.74, 6) is -0.848. The molecule has 0 unspecified atom stereocenters. The standard InChI is InChI=1S/C23H29N3O3/c1-16-8-7-9-17(2)26(16)21(27)15-25-14-19(18-10-3-4-11-20(18)25)22(28)23(29)24-12-5-6-13-24/h3-4,10-11,14,16-17H,5-9,12-13,15H2,1-2H3/t16-,17-/m0/s1. The third-order valence-electron chi connectivity index (χ3n) is 6.41. The molecule has 29 heavy (non-hydrogen) atoms. The van der Waals surface area contributed by atoms with Crippen LogP contribution in [0.1, 0.15) is 56.3 Å². The minimum atomic E-state index is -0.478. The van der Waals surface area contributed by atoms with Crippen LogP contribution in [0.2, 0.25) is 0 Å². The molecule has 0 saturated carbocycles. The highest BCUT2D eigenvalue weighted by atomic mass is 16.2. The first-order valence-corrected chi connectivity index (χ1v) is 10.7. The van der Waals surface area contributed by atoms with Crippen LogP contribution in [-0.4, -0.2) is 57.1 Å². The second-order valence-corrected chi connectivity index (χ2v) is 8.45. The molecule has 0 spiro atoms. The third kappa shape index (κ3) is 3.68. The van der Waals surface area contributed by atoms with Gasteiger partial charge in [-0.3, -0.25) is 14.4 Å². The Morgan fingerprint density at radius 2 is 1.62 bits per heavy atom. The van der Waals surface area contributed by atoms with Gasteiger partial charge in [0.05, 0.1) is 5.56 Å². The molecule has 2 aliphatic rings. The molecule has 0 radical (unpaired) electrons. The number of fused-ring (bicyclic) bond motifs is 1. The minimum Gasteiger partial charge on any atom is -0.337 e. The van der Waals surface area contributed by atoms with Gasteiger partial charge in [-0.2, -0.15) is 0 Å². The van der Waals surface area contributed by atoms with Gasteiger partial charge in [0.15, 0.2) is 0 Å². The molecule has 3 heterocycles. The van der Waals surface area contributed by atoms with Crippen LogP contribution < -0.4 is 0 Å². The van der Waals surface area contributed by atoms with Crippen molar-refractivity contribution in [2.24, 2.45) is 0 Å². The molecular weight excluding hydrogens is 366 g/mol. The number of hydrogen-bond acceptors (Lipinski definition) is 3. The predicted octanol–water partition coefficient (Wildman–Crippen LogP) is 3.24. The average Bonchev–Trinajstić information content (AvgIpc) is 3.36. The van der Waals surface area contributed by atoms with Crippen LogP contribution in [0.3, 0.4) is 0 Å². The summed E-state index contributed by atoms with van der Waals surface area (Å²) in [6, 6.07) is 7.97. The molecule has 6 heteroatoms. The van der Waals surface area contributed by atoms with Crippen molar-refractivity contribution in [1.29, 1.82) is 0 Å². The summed E-state index contributed by atoms with van der Waals surface area (Å²) in [7, 11) is 0. The molecule has 154 valence electrons. The van der Waals surface area contributed by atoms with Crippen LogP contribution in [0.25, 0.3) is 10.9 Å². The number of hydrogen-bond donors (Lipinski definition) is 0. The molecule has 2 aliphatic heterocycles. The second kappa shape index (κ2) is 8.01. The molecule has 4 rings (SSSR count). The largest absolute Gasteiger partial charge is 0.337 e. The lowest BCUT2D eigenvalue weighted by Crippen LogP contribution is -2.48. The van der Waals surface area contributed by atoms with Crippen LogP contribution in [-0.2, 0) is 16.1 Å². The van der Waals surface area contributed by atoms with E-state index in [1.807, 2.05) is 33.7 Å². The molecule has 2 aromatic rings. The van der Waals surface area contributed by atoms with E-state index in [1.165, 1.54) is 0 Å². The molecular formula is C23H29N3O3. The maximum absolute atomic E-state index is 13.1. The number of likely N-dealkylation sites (tertiary alicyclic amines) is 2. The zero-order valence-electron chi connectivity index (χ0n) is 17.3. The number of benzene rings is 1. The molecule has 2 atom stereocenters. The Balaban J connectivity index is 1.63. The Bertz CT molecular complexity index is 932.